The van der Waals surface area contributed by atoms with Gasteiger partial charge in [0, 0.05) is 4.91 Å². The molecule has 0 spiro atoms. The highest BCUT2D eigenvalue weighted by Crippen LogP contribution is 2.35. The average Bonchev–Trinajstić information content (AvgIpc) is 3.03. The van der Waals surface area contributed by atoms with Gasteiger partial charge in [-0.05, 0) is 11.1 Å². The molecule has 1 N–H and O–H groups in total. The fourth-order valence-electron chi connectivity index (χ4n) is 2.09. The van der Waals surface area contributed by atoms with Crippen molar-refractivity contribution in [2.24, 2.45) is 10.2 Å². The second kappa shape index (κ2) is 6.93. The van der Waals surface area contributed by atoms with Crippen molar-refractivity contribution in [3.05, 3.63) is 57.2 Å². The molecular weight excluding hydrogens is 324 g/mol. The van der Waals surface area contributed by atoms with Crippen LogP contribution in [0.4, 0.5) is 0 Å². The molecule has 0 saturated heterocycles. The van der Waals surface area contributed by atoms with Gasteiger partial charge in [-0.1, -0.05) is 58.8 Å². The van der Waals surface area contributed by atoms with Crippen molar-refractivity contribution in [3.8, 4) is 0 Å². The van der Waals surface area contributed by atoms with Crippen molar-refractivity contribution in [3.63, 3.8) is 0 Å². The highest BCUT2D eigenvalue weighted by atomic mass is 35.5. The number of hydrogen-bond acceptors (Lipinski definition) is 6. The van der Waals surface area contributed by atoms with Gasteiger partial charge in [0.05, 0.1) is 25.5 Å². The number of hydrogen-bond donors (Lipinski definition) is 1. The first-order chi connectivity index (χ1) is 10.8. The van der Waals surface area contributed by atoms with E-state index in [-0.39, 0.29) is 12.0 Å². The third-order valence-corrected chi connectivity index (χ3v) is 4.43. The summed E-state index contributed by atoms with van der Waals surface area (Å²) in [5, 5.41) is 14.2. The lowest BCUT2D eigenvalue weighted by Gasteiger charge is -2.14. The number of azide groups is 1. The molecule has 3 rings (SSSR count). The lowest BCUT2D eigenvalue weighted by Crippen LogP contribution is -2.27. The molecule has 0 fully saturated rings. The molecule has 0 bridgehead atoms. The molecule has 0 radical (unpaired) electrons. The highest BCUT2D eigenvalue weighted by Gasteiger charge is 2.36. The van der Waals surface area contributed by atoms with Crippen LogP contribution in [-0.2, 0) is 11.3 Å². The van der Waals surface area contributed by atoms with E-state index in [1.54, 1.807) is 5.01 Å². The van der Waals surface area contributed by atoms with Crippen LogP contribution in [0.1, 0.15) is 5.56 Å². The van der Waals surface area contributed by atoms with Gasteiger partial charge in [0.1, 0.15) is 10.2 Å². The molecule has 2 heterocycles. The smallest absolute Gasteiger partial charge is 0.175 e. The van der Waals surface area contributed by atoms with Crippen LogP contribution in [0.5, 0.6) is 0 Å². The van der Waals surface area contributed by atoms with Crippen molar-refractivity contribution >= 4 is 28.4 Å². The lowest BCUT2D eigenvalue weighted by atomic mass is 10.2. The van der Waals surface area contributed by atoms with Crippen molar-refractivity contribution in [1.82, 2.24) is 10.3 Å². The third-order valence-electron chi connectivity index (χ3n) is 3.09. The normalized spacial score (nSPS) is 19.6. The maximum absolute atomic E-state index is 8.42. The third kappa shape index (κ3) is 3.31. The fraction of sp³-hybridized carbons (Fsp3) is 0.308. The molecule has 0 aromatic heterocycles. The van der Waals surface area contributed by atoms with Gasteiger partial charge in [-0.2, -0.15) is 5.10 Å². The lowest BCUT2D eigenvalue weighted by molar-refractivity contribution is 0.159. The molecule has 22 heavy (non-hydrogen) atoms. The van der Waals surface area contributed by atoms with Crippen LogP contribution in [0.25, 0.3) is 10.4 Å². The summed E-state index contributed by atoms with van der Waals surface area (Å²) in [6.45, 7) is 1.14. The van der Waals surface area contributed by atoms with E-state index in [1.165, 1.54) is 11.8 Å². The van der Waals surface area contributed by atoms with Gasteiger partial charge >= 0.3 is 0 Å². The molecule has 0 amide bonds. The van der Waals surface area contributed by atoms with E-state index in [0.717, 1.165) is 10.6 Å². The first-order valence-electron chi connectivity index (χ1n) is 6.59. The summed E-state index contributed by atoms with van der Waals surface area (Å²) in [7, 11) is 0. The Morgan fingerprint density at radius 2 is 2.23 bits per heavy atom. The van der Waals surface area contributed by atoms with Gasteiger partial charge in [0.2, 0.25) is 0 Å². The zero-order valence-electron chi connectivity index (χ0n) is 11.5. The Labute approximate surface area is 136 Å². The van der Waals surface area contributed by atoms with Crippen LogP contribution in [0.3, 0.4) is 0 Å². The van der Waals surface area contributed by atoms with E-state index in [0.29, 0.717) is 24.1 Å². The minimum absolute atomic E-state index is 0.0910. The molecule has 1 aromatic rings. The summed E-state index contributed by atoms with van der Waals surface area (Å²) in [5.41, 5.74) is 10.1. The molecular formula is C13H13ClN6OS. The number of hydrazone groups is 1. The first kappa shape index (κ1) is 15.1. The number of thioether (sulfide) groups is 1. The number of rotatable bonds is 6. The average molecular weight is 337 g/mol. The summed E-state index contributed by atoms with van der Waals surface area (Å²) < 4.78 is 5.68. The first-order valence-corrected chi connectivity index (χ1v) is 7.85. The summed E-state index contributed by atoms with van der Waals surface area (Å²) >= 11 is 7.61. The molecule has 1 atom stereocenters. The zero-order chi connectivity index (χ0) is 15.4. The van der Waals surface area contributed by atoms with E-state index < -0.39 is 0 Å². The largest absolute Gasteiger partial charge is 0.370 e. The van der Waals surface area contributed by atoms with Gasteiger partial charge in [0.25, 0.3) is 0 Å². The molecule has 0 aliphatic carbocycles. The van der Waals surface area contributed by atoms with Gasteiger partial charge in [0.15, 0.2) is 5.50 Å². The maximum atomic E-state index is 8.42. The Morgan fingerprint density at radius 3 is 3.00 bits per heavy atom. The van der Waals surface area contributed by atoms with E-state index in [9.17, 15) is 0 Å². The number of fused-ring (bicyclic) bond motifs is 1. The second-order valence-corrected chi connectivity index (χ2v) is 6.11. The van der Waals surface area contributed by atoms with Crippen LogP contribution < -0.4 is 5.32 Å². The van der Waals surface area contributed by atoms with Gasteiger partial charge in [-0.3, -0.25) is 0 Å². The molecule has 1 aromatic carbocycles. The van der Waals surface area contributed by atoms with Crippen molar-refractivity contribution in [1.29, 1.82) is 0 Å². The van der Waals surface area contributed by atoms with E-state index in [4.69, 9.17) is 21.9 Å². The van der Waals surface area contributed by atoms with E-state index >= 15 is 0 Å². The van der Waals surface area contributed by atoms with Gasteiger partial charge < -0.3 is 10.1 Å². The van der Waals surface area contributed by atoms with E-state index in [1.807, 2.05) is 30.3 Å². The fourth-order valence-corrected chi connectivity index (χ4v) is 3.40. The predicted molar refractivity (Wildman–Crippen MR) is 86.8 cm³/mol. The number of benzene rings is 1. The summed E-state index contributed by atoms with van der Waals surface area (Å²) in [4.78, 5) is 2.75. The Kier molecular flexibility index (Phi) is 4.74. The number of nitrogens with zero attached hydrogens (tertiary/aromatic N) is 5. The molecule has 0 saturated carbocycles. The molecule has 1 unspecified atom stereocenters. The molecule has 7 nitrogen and oxygen atoms in total. The van der Waals surface area contributed by atoms with Crippen LogP contribution in [0, 0.1) is 0 Å². The quantitative estimate of drug-likeness (QED) is 0.374. The minimum Gasteiger partial charge on any atom is -0.370 e. The highest BCUT2D eigenvalue weighted by molar-refractivity contribution is 8.14. The minimum atomic E-state index is -0.0910. The van der Waals surface area contributed by atoms with Crippen LogP contribution in [0.2, 0.25) is 0 Å². The summed E-state index contributed by atoms with van der Waals surface area (Å²) in [5.74, 6) is 0. The van der Waals surface area contributed by atoms with Crippen molar-refractivity contribution < 1.29 is 4.74 Å². The Morgan fingerprint density at radius 1 is 1.41 bits per heavy atom. The Hall–Kier alpha value is -1.86. The molecule has 2 aliphatic heterocycles. The second-order valence-electron chi connectivity index (χ2n) is 4.58. The molecule has 2 aliphatic rings. The summed E-state index contributed by atoms with van der Waals surface area (Å²) in [6, 6.07) is 9.97. The Balaban J connectivity index is 1.56. The van der Waals surface area contributed by atoms with Crippen LogP contribution >= 0.6 is 23.4 Å². The van der Waals surface area contributed by atoms with Crippen molar-refractivity contribution in [2.45, 2.75) is 12.1 Å². The van der Waals surface area contributed by atoms with Crippen LogP contribution in [0.15, 0.2) is 51.4 Å². The molecule has 9 heteroatoms. The van der Waals surface area contributed by atoms with Gasteiger partial charge in [-0.25, -0.2) is 5.01 Å². The SMILES string of the molecule is [N-]=[N+]=NCC1=C(Cl)NC2SC(COCc3ccccc3)=NN12. The standard InChI is InChI=1S/C13H13ClN6OS/c14-12-10(6-16-19-15)20-13(17-12)22-11(18-20)8-21-7-9-4-2-1-3-5-9/h1-5,13,17H,6-8H2. The van der Waals surface area contributed by atoms with Crippen molar-refractivity contribution in [2.75, 3.05) is 13.2 Å². The molecule has 114 valence electrons. The monoisotopic (exact) mass is 336 g/mol. The topological polar surface area (TPSA) is 85.6 Å². The number of nitrogens with one attached hydrogen (secondary N) is 1. The van der Waals surface area contributed by atoms with E-state index in [2.05, 4.69) is 20.4 Å². The summed E-state index contributed by atoms with van der Waals surface area (Å²) in [6.07, 6.45) is 0. The maximum Gasteiger partial charge on any atom is 0.175 e. The number of halogens is 1. The number of ether oxygens (including phenoxy) is 1. The van der Waals surface area contributed by atoms with Gasteiger partial charge in [-0.15, -0.1) is 0 Å². The van der Waals surface area contributed by atoms with Crippen LogP contribution in [-0.4, -0.2) is 28.7 Å². The predicted octanol–water partition coefficient (Wildman–Crippen LogP) is 3.17. The Bertz CT molecular complexity index is 658. The zero-order valence-corrected chi connectivity index (χ0v) is 13.1.